The fraction of sp³-hybridized carbons (Fsp3) is 0.143. The van der Waals surface area contributed by atoms with Gasteiger partial charge in [-0.1, -0.05) is 91.0 Å². The van der Waals surface area contributed by atoms with E-state index < -0.39 is 7.92 Å². The van der Waals surface area contributed by atoms with Gasteiger partial charge in [-0.25, -0.2) is 0 Å². The number of benzene rings is 3. The molecule has 0 nitrogen and oxygen atoms in total. The van der Waals surface area contributed by atoms with Crippen LogP contribution in [0.1, 0.15) is 16.7 Å². The molecule has 3 rings (SSSR count). The molecule has 0 unspecified atom stereocenters. The van der Waals surface area contributed by atoms with Gasteiger partial charge in [0.15, 0.2) is 0 Å². The van der Waals surface area contributed by atoms with Crippen molar-refractivity contribution in [3.05, 3.63) is 108 Å². The monoisotopic (exact) mass is 408 g/mol. The van der Waals surface area contributed by atoms with Crippen LogP contribution in [0.25, 0.3) is 0 Å². The molecule has 0 heterocycles. The standard InChI is InChI=1S/C21H21P.Rh/c1-4-10-19(11-5-1)16-22(17-20-12-6-2-7-13-20)18-21-14-8-3-9-15-21;/h1-15H,16-18H2;/p+1. The first-order chi connectivity index (χ1) is 10.9. The Labute approximate surface area is 153 Å². The molecule has 0 spiro atoms. The van der Waals surface area contributed by atoms with Gasteiger partial charge in [-0.05, 0) is 16.7 Å². The van der Waals surface area contributed by atoms with Crippen LogP contribution in [0.4, 0.5) is 0 Å². The van der Waals surface area contributed by atoms with Crippen LogP contribution in [-0.4, -0.2) is 0 Å². The molecule has 2 heteroatoms. The van der Waals surface area contributed by atoms with Crippen LogP contribution in [-0.2, 0) is 38.0 Å². The Morgan fingerprint density at radius 3 is 0.957 bits per heavy atom. The van der Waals surface area contributed by atoms with Crippen LogP contribution >= 0.6 is 7.92 Å². The van der Waals surface area contributed by atoms with E-state index >= 15 is 0 Å². The van der Waals surface area contributed by atoms with Gasteiger partial charge in [0.2, 0.25) is 0 Å². The third-order valence-electron chi connectivity index (χ3n) is 3.89. The molecule has 23 heavy (non-hydrogen) atoms. The van der Waals surface area contributed by atoms with Gasteiger partial charge >= 0.3 is 0 Å². The SMILES string of the molecule is [Rh].c1ccc(C[PH+](Cc2ccccc2)Cc2ccccc2)cc1. The zero-order chi connectivity index (χ0) is 15.0. The van der Waals surface area contributed by atoms with Gasteiger partial charge in [-0.15, -0.1) is 0 Å². The van der Waals surface area contributed by atoms with E-state index in [4.69, 9.17) is 0 Å². The van der Waals surface area contributed by atoms with Crippen LogP contribution < -0.4 is 0 Å². The van der Waals surface area contributed by atoms with E-state index in [0.29, 0.717) is 0 Å². The Morgan fingerprint density at radius 2 is 0.696 bits per heavy atom. The van der Waals surface area contributed by atoms with Gasteiger partial charge in [0.25, 0.3) is 0 Å². The van der Waals surface area contributed by atoms with Crippen LogP contribution in [0.2, 0.25) is 0 Å². The minimum Gasteiger partial charge on any atom is -0.0622 e. The van der Waals surface area contributed by atoms with E-state index in [1.165, 1.54) is 35.2 Å². The Balaban J connectivity index is 0.00000192. The van der Waals surface area contributed by atoms with Crippen LogP contribution in [0.15, 0.2) is 91.0 Å². The number of rotatable bonds is 6. The number of hydrogen-bond acceptors (Lipinski definition) is 0. The summed E-state index contributed by atoms with van der Waals surface area (Å²) >= 11 is 0. The van der Waals surface area contributed by atoms with Crippen molar-refractivity contribution >= 4 is 7.92 Å². The van der Waals surface area contributed by atoms with Crippen molar-refractivity contribution in [1.29, 1.82) is 0 Å². The first-order valence-electron chi connectivity index (χ1n) is 7.85. The average Bonchev–Trinajstić information content (AvgIpc) is 2.57. The van der Waals surface area contributed by atoms with Crippen molar-refractivity contribution in [2.45, 2.75) is 18.5 Å². The Morgan fingerprint density at radius 1 is 0.435 bits per heavy atom. The zero-order valence-electron chi connectivity index (χ0n) is 13.1. The molecule has 0 saturated carbocycles. The summed E-state index contributed by atoms with van der Waals surface area (Å²) in [7, 11) is -0.502. The quantitative estimate of drug-likeness (QED) is 0.357. The molecule has 0 fully saturated rings. The summed E-state index contributed by atoms with van der Waals surface area (Å²) in [6.45, 7) is 0. The zero-order valence-corrected chi connectivity index (χ0v) is 15.8. The third-order valence-corrected chi connectivity index (χ3v) is 6.62. The summed E-state index contributed by atoms with van der Waals surface area (Å²) in [5.74, 6) is 0. The topological polar surface area (TPSA) is 0 Å². The molecule has 0 bridgehead atoms. The minimum atomic E-state index is -0.502. The summed E-state index contributed by atoms with van der Waals surface area (Å²) in [4.78, 5) is 0. The molecule has 3 aromatic rings. The smallest absolute Gasteiger partial charge is 0.0622 e. The van der Waals surface area contributed by atoms with Gasteiger partial charge in [0.05, 0.1) is 18.5 Å². The summed E-state index contributed by atoms with van der Waals surface area (Å²) in [6, 6.07) is 32.8. The van der Waals surface area contributed by atoms with Crippen LogP contribution in [0.3, 0.4) is 0 Å². The molecule has 119 valence electrons. The molecular formula is C21H22PRh+. The van der Waals surface area contributed by atoms with Gasteiger partial charge < -0.3 is 0 Å². The van der Waals surface area contributed by atoms with E-state index in [9.17, 15) is 0 Å². The maximum Gasteiger partial charge on any atom is 0.0826 e. The average molecular weight is 408 g/mol. The molecule has 0 aliphatic rings. The Hall–Kier alpha value is -1.29. The van der Waals surface area contributed by atoms with Crippen molar-refractivity contribution in [2.24, 2.45) is 0 Å². The van der Waals surface area contributed by atoms with Crippen molar-refractivity contribution in [3.8, 4) is 0 Å². The Bertz CT molecular complexity index is 569. The van der Waals surface area contributed by atoms with Crippen molar-refractivity contribution < 1.29 is 19.5 Å². The van der Waals surface area contributed by atoms with Gasteiger partial charge in [0.1, 0.15) is 0 Å². The fourth-order valence-electron chi connectivity index (χ4n) is 2.84. The minimum absolute atomic E-state index is 0. The molecule has 0 atom stereocenters. The first kappa shape index (κ1) is 18.1. The third kappa shape index (κ3) is 6.02. The van der Waals surface area contributed by atoms with Crippen molar-refractivity contribution in [1.82, 2.24) is 0 Å². The summed E-state index contributed by atoms with van der Waals surface area (Å²) in [5, 5.41) is 0. The molecule has 1 radical (unpaired) electrons. The van der Waals surface area contributed by atoms with Crippen molar-refractivity contribution in [2.75, 3.05) is 0 Å². The summed E-state index contributed by atoms with van der Waals surface area (Å²) in [6.07, 6.45) is 3.69. The van der Waals surface area contributed by atoms with E-state index in [1.54, 1.807) is 0 Å². The second-order valence-corrected chi connectivity index (χ2v) is 8.30. The van der Waals surface area contributed by atoms with Crippen molar-refractivity contribution in [3.63, 3.8) is 0 Å². The summed E-state index contributed by atoms with van der Waals surface area (Å²) < 4.78 is 0. The van der Waals surface area contributed by atoms with E-state index in [0.717, 1.165) is 0 Å². The maximum absolute atomic E-state index is 2.26. The van der Waals surface area contributed by atoms with E-state index in [-0.39, 0.29) is 19.5 Å². The normalized spacial score (nSPS) is 10.3. The first-order valence-corrected chi connectivity index (χ1v) is 9.97. The predicted octanol–water partition coefficient (Wildman–Crippen LogP) is 5.80. The molecular weight excluding hydrogens is 386 g/mol. The number of hydrogen-bond donors (Lipinski definition) is 0. The molecule has 3 aromatic carbocycles. The van der Waals surface area contributed by atoms with Gasteiger partial charge in [-0.3, -0.25) is 0 Å². The molecule has 0 N–H and O–H groups in total. The fourth-order valence-corrected chi connectivity index (χ4v) is 5.66. The molecule has 0 aromatic heterocycles. The van der Waals surface area contributed by atoms with Gasteiger partial charge in [-0.2, -0.15) is 0 Å². The summed E-state index contributed by atoms with van der Waals surface area (Å²) in [5.41, 5.74) is 4.43. The van der Waals surface area contributed by atoms with Crippen LogP contribution in [0, 0.1) is 0 Å². The van der Waals surface area contributed by atoms with Crippen LogP contribution in [0.5, 0.6) is 0 Å². The largest absolute Gasteiger partial charge is 0.0826 e. The van der Waals surface area contributed by atoms with Gasteiger partial charge in [0, 0.05) is 27.4 Å². The predicted molar refractivity (Wildman–Crippen MR) is 98.8 cm³/mol. The molecule has 0 aliphatic heterocycles. The Kier molecular flexibility index (Phi) is 7.67. The maximum atomic E-state index is 2.26. The second kappa shape index (κ2) is 9.76. The molecule has 0 saturated heterocycles. The van der Waals surface area contributed by atoms with E-state index in [2.05, 4.69) is 91.0 Å². The second-order valence-electron chi connectivity index (χ2n) is 5.74. The molecule has 0 amide bonds. The van der Waals surface area contributed by atoms with E-state index in [1.807, 2.05) is 0 Å². The molecule has 0 aliphatic carbocycles.